The van der Waals surface area contributed by atoms with E-state index in [4.69, 9.17) is 5.26 Å². The van der Waals surface area contributed by atoms with Gasteiger partial charge in [0.15, 0.2) is 0 Å². The summed E-state index contributed by atoms with van der Waals surface area (Å²) in [6.07, 6.45) is -0.293. The van der Waals surface area contributed by atoms with Crippen molar-refractivity contribution in [3.63, 3.8) is 0 Å². The molecule has 1 aromatic rings. The summed E-state index contributed by atoms with van der Waals surface area (Å²) in [4.78, 5) is 11.0. The average molecular weight is 260 g/mol. The Kier molecular flexibility index (Phi) is 4.40. The fraction of sp³-hybridized carbons (Fsp3) is 0.200. The summed E-state index contributed by atoms with van der Waals surface area (Å²) < 4.78 is 36.0. The third-order valence-electron chi connectivity index (χ3n) is 1.61. The highest BCUT2D eigenvalue weighted by Crippen LogP contribution is 2.36. The molecule has 0 aromatic heterocycles. The molecule has 1 rings (SSSR count). The van der Waals surface area contributed by atoms with Crippen LogP contribution in [0.15, 0.2) is 29.2 Å². The molecule has 0 fully saturated rings. The quantitative estimate of drug-likeness (QED) is 0.849. The number of hydrogen-bond acceptors (Lipinski definition) is 3. The first-order chi connectivity index (χ1) is 7.90. The normalized spacial score (nSPS) is 10.7. The molecule has 0 bridgehead atoms. The maximum absolute atomic E-state index is 12.0. The minimum Gasteiger partial charge on any atom is -0.325 e. The van der Waals surface area contributed by atoms with Crippen LogP contribution in [-0.2, 0) is 4.79 Å². The van der Waals surface area contributed by atoms with E-state index >= 15 is 0 Å². The van der Waals surface area contributed by atoms with Crippen molar-refractivity contribution in [1.29, 1.82) is 5.26 Å². The molecule has 17 heavy (non-hydrogen) atoms. The number of carbonyl (C=O) groups is 1. The van der Waals surface area contributed by atoms with Gasteiger partial charge in [0.25, 0.3) is 0 Å². The molecule has 90 valence electrons. The van der Waals surface area contributed by atoms with E-state index in [-0.39, 0.29) is 23.1 Å². The van der Waals surface area contributed by atoms with E-state index < -0.39 is 11.4 Å². The zero-order valence-corrected chi connectivity index (χ0v) is 9.23. The van der Waals surface area contributed by atoms with Crippen molar-refractivity contribution < 1.29 is 18.0 Å². The van der Waals surface area contributed by atoms with Crippen LogP contribution in [0.3, 0.4) is 0 Å². The zero-order chi connectivity index (χ0) is 12.9. The summed E-state index contributed by atoms with van der Waals surface area (Å²) in [5, 5.41) is 10.6. The number of nitriles is 1. The maximum Gasteiger partial charge on any atom is 0.446 e. The molecule has 1 amide bonds. The molecule has 0 saturated heterocycles. The van der Waals surface area contributed by atoms with Crippen molar-refractivity contribution in [1.82, 2.24) is 0 Å². The molecule has 0 aliphatic rings. The largest absolute Gasteiger partial charge is 0.446 e. The lowest BCUT2D eigenvalue weighted by molar-refractivity contribution is -0.115. The van der Waals surface area contributed by atoms with Crippen molar-refractivity contribution in [3.05, 3.63) is 24.3 Å². The van der Waals surface area contributed by atoms with Gasteiger partial charge in [-0.3, -0.25) is 4.79 Å². The first-order valence-electron chi connectivity index (χ1n) is 4.43. The smallest absolute Gasteiger partial charge is 0.325 e. The van der Waals surface area contributed by atoms with Crippen LogP contribution in [-0.4, -0.2) is 11.4 Å². The van der Waals surface area contributed by atoms with Gasteiger partial charge in [-0.2, -0.15) is 18.4 Å². The third-order valence-corrected chi connectivity index (χ3v) is 2.35. The van der Waals surface area contributed by atoms with Crippen molar-refractivity contribution >= 4 is 23.4 Å². The van der Waals surface area contributed by atoms with Gasteiger partial charge < -0.3 is 5.32 Å². The number of alkyl halides is 3. The predicted molar refractivity (Wildman–Crippen MR) is 57.2 cm³/mol. The van der Waals surface area contributed by atoms with Crippen LogP contribution in [0.5, 0.6) is 0 Å². The van der Waals surface area contributed by atoms with Gasteiger partial charge in [0, 0.05) is 10.6 Å². The van der Waals surface area contributed by atoms with Gasteiger partial charge in [-0.1, -0.05) is 0 Å². The lowest BCUT2D eigenvalue weighted by Crippen LogP contribution is -2.09. The van der Waals surface area contributed by atoms with E-state index in [0.717, 1.165) is 0 Å². The van der Waals surface area contributed by atoms with Crippen LogP contribution in [0.25, 0.3) is 0 Å². The molecule has 0 atom stereocenters. The van der Waals surface area contributed by atoms with Crippen molar-refractivity contribution in [3.8, 4) is 6.07 Å². The van der Waals surface area contributed by atoms with Gasteiger partial charge in [0.2, 0.25) is 5.91 Å². The number of nitrogens with zero attached hydrogens (tertiary/aromatic N) is 1. The molecule has 7 heteroatoms. The van der Waals surface area contributed by atoms with E-state index in [1.54, 1.807) is 6.07 Å². The van der Waals surface area contributed by atoms with E-state index in [0.29, 0.717) is 5.69 Å². The number of carbonyl (C=O) groups excluding carboxylic acids is 1. The number of nitrogens with one attached hydrogen (secondary N) is 1. The Morgan fingerprint density at radius 3 is 2.41 bits per heavy atom. The molecule has 0 spiro atoms. The summed E-state index contributed by atoms with van der Waals surface area (Å²) in [7, 11) is 0. The summed E-state index contributed by atoms with van der Waals surface area (Å²) >= 11 is -0.226. The number of halogens is 3. The summed E-state index contributed by atoms with van der Waals surface area (Å²) in [6, 6.07) is 6.87. The number of anilines is 1. The van der Waals surface area contributed by atoms with Crippen molar-refractivity contribution in [2.24, 2.45) is 0 Å². The minimum atomic E-state index is -4.33. The van der Waals surface area contributed by atoms with Crippen LogP contribution in [0.4, 0.5) is 18.9 Å². The average Bonchev–Trinajstić information content (AvgIpc) is 2.19. The summed E-state index contributed by atoms with van der Waals surface area (Å²) in [5.41, 5.74) is -3.97. The second-order valence-corrected chi connectivity index (χ2v) is 4.09. The Morgan fingerprint density at radius 2 is 1.94 bits per heavy atom. The van der Waals surface area contributed by atoms with Crippen molar-refractivity contribution in [2.75, 3.05) is 5.32 Å². The Balaban J connectivity index is 2.63. The molecule has 0 radical (unpaired) electrons. The fourth-order valence-corrected chi connectivity index (χ4v) is 1.56. The van der Waals surface area contributed by atoms with Crippen LogP contribution < -0.4 is 5.32 Å². The number of hydrogen-bond donors (Lipinski definition) is 1. The van der Waals surface area contributed by atoms with Gasteiger partial charge >= 0.3 is 5.51 Å². The summed E-state index contributed by atoms with van der Waals surface area (Å²) in [5.74, 6) is -0.497. The Hall–Kier alpha value is -1.68. The molecule has 0 unspecified atom stereocenters. The minimum absolute atomic E-state index is 0.0378. The monoisotopic (exact) mass is 260 g/mol. The molecule has 0 aliphatic carbocycles. The topological polar surface area (TPSA) is 52.9 Å². The molecular formula is C10H7F3N2OS. The first kappa shape index (κ1) is 13.4. The molecule has 0 aliphatic heterocycles. The second kappa shape index (κ2) is 5.59. The van der Waals surface area contributed by atoms with Crippen molar-refractivity contribution in [2.45, 2.75) is 16.8 Å². The maximum atomic E-state index is 12.0. The highest BCUT2D eigenvalue weighted by atomic mass is 32.2. The molecular weight excluding hydrogens is 253 g/mol. The van der Waals surface area contributed by atoms with Crippen LogP contribution >= 0.6 is 11.8 Å². The van der Waals surface area contributed by atoms with Crippen LogP contribution in [0, 0.1) is 11.3 Å². The van der Waals surface area contributed by atoms with Gasteiger partial charge in [-0.25, -0.2) is 0 Å². The highest BCUT2D eigenvalue weighted by molar-refractivity contribution is 8.00. The van der Waals surface area contributed by atoms with E-state index in [2.05, 4.69) is 5.32 Å². The standard InChI is InChI=1S/C10H7F3N2OS/c11-10(12,13)17-8-3-1-7(2-4-8)15-9(16)5-6-14/h1-4H,5H2,(H,15,16). The lowest BCUT2D eigenvalue weighted by Gasteiger charge is -2.06. The molecule has 3 nitrogen and oxygen atoms in total. The van der Waals surface area contributed by atoms with E-state index in [1.807, 2.05) is 0 Å². The van der Waals surface area contributed by atoms with Crippen LogP contribution in [0.1, 0.15) is 6.42 Å². The van der Waals surface area contributed by atoms with Gasteiger partial charge in [-0.05, 0) is 36.0 Å². The molecule has 1 aromatic carbocycles. The van der Waals surface area contributed by atoms with E-state index in [9.17, 15) is 18.0 Å². The number of rotatable bonds is 3. The SMILES string of the molecule is N#CCC(=O)Nc1ccc(SC(F)(F)F)cc1. The number of amides is 1. The van der Waals surface area contributed by atoms with Gasteiger partial charge in [0.05, 0.1) is 6.07 Å². The number of thioether (sulfide) groups is 1. The number of benzene rings is 1. The second-order valence-electron chi connectivity index (χ2n) is 2.96. The van der Waals surface area contributed by atoms with Crippen LogP contribution in [0.2, 0.25) is 0 Å². The molecule has 1 N–H and O–H groups in total. The first-order valence-corrected chi connectivity index (χ1v) is 5.25. The van der Waals surface area contributed by atoms with E-state index in [1.165, 1.54) is 24.3 Å². The highest BCUT2D eigenvalue weighted by Gasteiger charge is 2.28. The lowest BCUT2D eigenvalue weighted by atomic mass is 10.3. The zero-order valence-electron chi connectivity index (χ0n) is 8.41. The van der Waals surface area contributed by atoms with Gasteiger partial charge in [-0.15, -0.1) is 0 Å². The molecule has 0 saturated carbocycles. The molecule has 0 heterocycles. The van der Waals surface area contributed by atoms with Gasteiger partial charge in [0.1, 0.15) is 6.42 Å². The Labute approximate surface area is 99.6 Å². The third kappa shape index (κ3) is 5.26. The Bertz CT molecular complexity index is 436. The predicted octanol–water partition coefficient (Wildman–Crippen LogP) is 3.15. The fourth-order valence-electron chi connectivity index (χ4n) is 1.02. The summed E-state index contributed by atoms with van der Waals surface area (Å²) in [6.45, 7) is 0. The Morgan fingerprint density at radius 1 is 1.35 bits per heavy atom.